The van der Waals surface area contributed by atoms with Crippen molar-refractivity contribution in [3.63, 3.8) is 0 Å². The number of rotatable bonds is 5. The molecule has 3 rings (SSSR count). The second-order valence-corrected chi connectivity index (χ2v) is 6.17. The number of hydrogen-bond donors (Lipinski definition) is 3. The highest BCUT2D eigenvalue weighted by Crippen LogP contribution is 2.19. The maximum absolute atomic E-state index is 12.3. The minimum Gasteiger partial charge on any atom is -0.387 e. The lowest BCUT2D eigenvalue weighted by atomic mass is 10.0. The molecule has 0 saturated carbocycles. The van der Waals surface area contributed by atoms with E-state index in [1.54, 1.807) is 0 Å². The molecule has 0 spiro atoms. The first-order valence-electron chi connectivity index (χ1n) is 8.12. The van der Waals surface area contributed by atoms with Crippen LogP contribution in [-0.4, -0.2) is 16.6 Å². The largest absolute Gasteiger partial charge is 0.387 e. The second kappa shape index (κ2) is 6.99. The number of aromatic amines is 1. The topological polar surface area (TPSA) is 65.1 Å². The zero-order chi connectivity index (χ0) is 17.1. The third-order valence-corrected chi connectivity index (χ3v) is 4.36. The second-order valence-electron chi connectivity index (χ2n) is 6.17. The number of aryl methyl sites for hydroxylation is 2. The summed E-state index contributed by atoms with van der Waals surface area (Å²) in [7, 11) is 0. The minimum atomic E-state index is -0.588. The van der Waals surface area contributed by atoms with E-state index in [0.717, 1.165) is 27.6 Å². The molecule has 0 aliphatic heterocycles. The Morgan fingerprint density at radius 1 is 1.08 bits per heavy atom. The molecular weight excluding hydrogens is 300 g/mol. The summed E-state index contributed by atoms with van der Waals surface area (Å²) < 4.78 is 0. The smallest absolute Gasteiger partial charge is 0.252 e. The van der Waals surface area contributed by atoms with E-state index in [-0.39, 0.29) is 5.56 Å². The van der Waals surface area contributed by atoms with Crippen molar-refractivity contribution >= 4 is 10.9 Å². The Kier molecular flexibility index (Phi) is 4.79. The van der Waals surface area contributed by atoms with E-state index < -0.39 is 6.10 Å². The first-order valence-corrected chi connectivity index (χ1v) is 8.12. The van der Waals surface area contributed by atoms with Gasteiger partial charge in [-0.25, -0.2) is 0 Å². The first-order chi connectivity index (χ1) is 11.6. The molecule has 0 saturated heterocycles. The van der Waals surface area contributed by atoms with Crippen molar-refractivity contribution in [2.45, 2.75) is 26.5 Å². The molecular formula is C20H22N2O2. The molecule has 4 nitrogen and oxygen atoms in total. The van der Waals surface area contributed by atoms with Gasteiger partial charge in [-0.2, -0.15) is 0 Å². The number of aromatic nitrogens is 1. The van der Waals surface area contributed by atoms with Gasteiger partial charge in [0.15, 0.2) is 0 Å². The van der Waals surface area contributed by atoms with E-state index in [9.17, 15) is 9.90 Å². The number of aliphatic hydroxyl groups excluding tert-OH is 1. The van der Waals surface area contributed by atoms with Gasteiger partial charge in [0.25, 0.3) is 5.56 Å². The van der Waals surface area contributed by atoms with Crippen molar-refractivity contribution in [1.29, 1.82) is 0 Å². The van der Waals surface area contributed by atoms with Crippen LogP contribution in [0.1, 0.15) is 28.4 Å². The van der Waals surface area contributed by atoms with Gasteiger partial charge in [-0.1, -0.05) is 42.5 Å². The lowest BCUT2D eigenvalue weighted by Crippen LogP contribution is -2.25. The normalized spacial score (nSPS) is 12.5. The maximum Gasteiger partial charge on any atom is 0.252 e. The summed E-state index contributed by atoms with van der Waals surface area (Å²) in [4.78, 5) is 15.3. The van der Waals surface area contributed by atoms with Gasteiger partial charge in [0.2, 0.25) is 0 Å². The summed E-state index contributed by atoms with van der Waals surface area (Å²) in [5, 5.41) is 14.4. The molecule has 24 heavy (non-hydrogen) atoms. The number of benzene rings is 2. The van der Waals surface area contributed by atoms with Crippen LogP contribution in [0.3, 0.4) is 0 Å². The number of H-pyrrole nitrogens is 1. The van der Waals surface area contributed by atoms with Crippen LogP contribution in [0, 0.1) is 13.8 Å². The van der Waals surface area contributed by atoms with E-state index in [2.05, 4.69) is 16.4 Å². The summed E-state index contributed by atoms with van der Waals surface area (Å²) in [6.45, 7) is 4.85. The summed E-state index contributed by atoms with van der Waals surface area (Å²) in [5.74, 6) is 0. The summed E-state index contributed by atoms with van der Waals surface area (Å²) in [6.07, 6.45) is -0.588. The van der Waals surface area contributed by atoms with E-state index in [4.69, 9.17) is 0 Å². The molecule has 0 amide bonds. The van der Waals surface area contributed by atoms with Crippen LogP contribution in [0.5, 0.6) is 0 Å². The Hall–Kier alpha value is -2.43. The van der Waals surface area contributed by atoms with Crippen LogP contribution < -0.4 is 10.9 Å². The number of nitrogens with one attached hydrogen (secondary N) is 2. The molecule has 0 aliphatic carbocycles. The maximum atomic E-state index is 12.3. The molecule has 1 atom stereocenters. The Labute approximate surface area is 141 Å². The van der Waals surface area contributed by atoms with Crippen LogP contribution in [0.15, 0.2) is 53.3 Å². The van der Waals surface area contributed by atoms with E-state index in [1.807, 2.05) is 56.3 Å². The third kappa shape index (κ3) is 3.40. The molecule has 0 radical (unpaired) electrons. The summed E-state index contributed by atoms with van der Waals surface area (Å²) in [6, 6.07) is 15.5. The lowest BCUT2D eigenvalue weighted by Gasteiger charge is -2.13. The third-order valence-electron chi connectivity index (χ3n) is 4.36. The summed E-state index contributed by atoms with van der Waals surface area (Å²) in [5.41, 5.74) is 4.55. The Balaban J connectivity index is 1.75. The highest BCUT2D eigenvalue weighted by molar-refractivity contribution is 5.85. The molecule has 4 heteroatoms. The van der Waals surface area contributed by atoms with Crippen LogP contribution in [-0.2, 0) is 6.54 Å². The Morgan fingerprint density at radius 3 is 2.54 bits per heavy atom. The highest BCUT2D eigenvalue weighted by atomic mass is 16.3. The zero-order valence-corrected chi connectivity index (χ0v) is 14.0. The fourth-order valence-electron chi connectivity index (χ4n) is 2.89. The number of pyridine rings is 1. The number of aliphatic hydroxyl groups is 1. The Morgan fingerprint density at radius 2 is 1.79 bits per heavy atom. The number of hydrogen-bond acceptors (Lipinski definition) is 3. The van der Waals surface area contributed by atoms with Gasteiger partial charge in [-0.3, -0.25) is 4.79 Å². The monoisotopic (exact) mass is 322 g/mol. The predicted molar refractivity (Wildman–Crippen MR) is 97.2 cm³/mol. The van der Waals surface area contributed by atoms with E-state index in [0.29, 0.717) is 18.7 Å². The van der Waals surface area contributed by atoms with Crippen molar-refractivity contribution in [3.05, 3.63) is 81.1 Å². The van der Waals surface area contributed by atoms with Crippen molar-refractivity contribution in [2.75, 3.05) is 6.54 Å². The van der Waals surface area contributed by atoms with Gasteiger partial charge in [-0.05, 0) is 36.6 Å². The lowest BCUT2D eigenvalue weighted by molar-refractivity contribution is 0.174. The van der Waals surface area contributed by atoms with Crippen molar-refractivity contribution in [3.8, 4) is 0 Å². The van der Waals surface area contributed by atoms with Gasteiger partial charge in [0.1, 0.15) is 0 Å². The molecule has 0 fully saturated rings. The first kappa shape index (κ1) is 16.4. The fraction of sp³-hybridized carbons (Fsp3) is 0.250. The molecule has 2 aromatic carbocycles. The molecule has 1 heterocycles. The van der Waals surface area contributed by atoms with E-state index in [1.165, 1.54) is 0 Å². The van der Waals surface area contributed by atoms with Crippen LogP contribution in [0.2, 0.25) is 0 Å². The van der Waals surface area contributed by atoms with Crippen molar-refractivity contribution in [1.82, 2.24) is 10.3 Å². The highest BCUT2D eigenvalue weighted by Gasteiger charge is 2.09. The van der Waals surface area contributed by atoms with Gasteiger partial charge >= 0.3 is 0 Å². The quantitative estimate of drug-likeness (QED) is 0.676. The number of fused-ring (bicyclic) bond motifs is 1. The SMILES string of the molecule is Cc1ccc(C)c2[nH]c(=O)c(CNC[C@@H](O)c3ccccc3)cc12. The predicted octanol–water partition coefficient (Wildman–Crippen LogP) is 2.97. The van der Waals surface area contributed by atoms with Crippen LogP contribution in [0.4, 0.5) is 0 Å². The van der Waals surface area contributed by atoms with Gasteiger partial charge < -0.3 is 15.4 Å². The Bertz CT molecular complexity index is 901. The summed E-state index contributed by atoms with van der Waals surface area (Å²) >= 11 is 0. The average molecular weight is 322 g/mol. The fourth-order valence-corrected chi connectivity index (χ4v) is 2.89. The van der Waals surface area contributed by atoms with Crippen molar-refractivity contribution in [2.24, 2.45) is 0 Å². The molecule has 0 unspecified atom stereocenters. The van der Waals surface area contributed by atoms with Gasteiger partial charge in [0.05, 0.1) is 11.6 Å². The zero-order valence-electron chi connectivity index (χ0n) is 14.0. The van der Waals surface area contributed by atoms with Crippen LogP contribution in [0.25, 0.3) is 10.9 Å². The van der Waals surface area contributed by atoms with Gasteiger partial charge in [0, 0.05) is 24.0 Å². The van der Waals surface area contributed by atoms with Crippen molar-refractivity contribution < 1.29 is 5.11 Å². The van der Waals surface area contributed by atoms with Gasteiger partial charge in [-0.15, -0.1) is 0 Å². The molecule has 3 N–H and O–H groups in total. The molecule has 3 aromatic rings. The minimum absolute atomic E-state index is 0.0853. The van der Waals surface area contributed by atoms with Crippen LogP contribution >= 0.6 is 0 Å². The molecule has 0 bridgehead atoms. The standard InChI is InChI=1S/C20H22N2O2/c1-13-8-9-14(2)19-17(13)10-16(20(24)22-19)11-21-12-18(23)15-6-4-3-5-7-15/h3-10,18,21,23H,11-12H2,1-2H3,(H,22,24)/t18-/m1/s1. The van der Waals surface area contributed by atoms with E-state index >= 15 is 0 Å². The molecule has 124 valence electrons. The molecule has 1 aromatic heterocycles. The molecule has 0 aliphatic rings. The average Bonchev–Trinajstić information content (AvgIpc) is 2.60.